The lowest BCUT2D eigenvalue weighted by atomic mass is 9.99. The van der Waals surface area contributed by atoms with E-state index < -0.39 is 15.8 Å². The first-order valence-corrected chi connectivity index (χ1v) is 35.8. The van der Waals surface area contributed by atoms with E-state index in [0.29, 0.717) is 0 Å². The zero-order valence-corrected chi connectivity index (χ0v) is 49.8. The highest BCUT2D eigenvalue weighted by Crippen LogP contribution is 2.59. The van der Waals surface area contributed by atoms with Gasteiger partial charge < -0.3 is 14.8 Å². The van der Waals surface area contributed by atoms with Crippen LogP contribution in [0.25, 0.3) is 0 Å². The Morgan fingerprint density at radius 1 is 0.291 bits per heavy atom. The predicted octanol–water partition coefficient (Wildman–Crippen LogP) is 18.1. The molecule has 0 bridgehead atoms. The van der Waals surface area contributed by atoms with Gasteiger partial charge in [0.2, 0.25) is 0 Å². The third-order valence-corrected chi connectivity index (χ3v) is 29.4. The average molecular weight is 1110 g/mol. The smallest absolute Gasteiger partial charge is 0.159 e. The van der Waals surface area contributed by atoms with Crippen LogP contribution in [0.4, 0.5) is 11.4 Å². The number of hydrogen-bond donors (Lipinski definition) is 1. The summed E-state index contributed by atoms with van der Waals surface area (Å²) in [7, 11) is -2.00. The Bertz CT molecular complexity index is 2840. The first kappa shape index (κ1) is 54.5. The first-order valence-electron chi connectivity index (χ1n) is 30.2. The summed E-state index contributed by atoms with van der Waals surface area (Å²) in [5.74, 6) is 4.23. The van der Waals surface area contributed by atoms with Crippen molar-refractivity contribution in [3.63, 3.8) is 0 Å². The summed E-state index contributed by atoms with van der Waals surface area (Å²) in [6, 6.07) is 74.9. The number of hydrogen-bond acceptors (Lipinski definition) is 3. The zero-order chi connectivity index (χ0) is 53.0. The summed E-state index contributed by atoms with van der Waals surface area (Å²) in [4.78, 5) is 0. The van der Waals surface area contributed by atoms with Gasteiger partial charge in [-0.2, -0.15) is 0 Å². The van der Waals surface area contributed by atoms with Crippen molar-refractivity contribution in [2.45, 2.75) is 151 Å². The van der Waals surface area contributed by atoms with E-state index in [9.17, 15) is 0 Å². The van der Waals surface area contributed by atoms with Crippen LogP contribution in [0.2, 0.25) is 0 Å². The summed E-state index contributed by atoms with van der Waals surface area (Å²) in [5.41, 5.74) is 5.62. The van der Waals surface area contributed by atoms with Gasteiger partial charge in [0, 0.05) is 21.2 Å². The van der Waals surface area contributed by atoms with E-state index >= 15 is 0 Å². The summed E-state index contributed by atoms with van der Waals surface area (Å²) in [6.45, 7) is 0. The van der Waals surface area contributed by atoms with E-state index in [4.69, 9.17) is 9.47 Å². The second-order valence-electron chi connectivity index (χ2n) is 22.6. The van der Waals surface area contributed by atoms with Gasteiger partial charge >= 0.3 is 0 Å². The normalized spacial score (nSPS) is 17.3. The van der Waals surface area contributed by atoms with Crippen LogP contribution < -0.4 is 57.2 Å². The number of rotatable bonds is 14. The molecule has 1 aliphatic heterocycles. The fourth-order valence-corrected chi connectivity index (χ4v) is 26.2. The maximum atomic E-state index is 7.20. The molecule has 7 heteroatoms. The lowest BCUT2D eigenvalue weighted by Gasteiger charge is -2.40. The van der Waals surface area contributed by atoms with Crippen molar-refractivity contribution in [3.8, 4) is 23.0 Å². The van der Waals surface area contributed by atoms with Crippen LogP contribution in [0.5, 0.6) is 23.0 Å². The number of fused-ring (bicyclic) bond motifs is 2. The number of para-hydroxylation sites is 4. The molecular weight excluding hydrogens is 1030 g/mol. The van der Waals surface area contributed by atoms with Gasteiger partial charge in [0.15, 0.2) is 11.5 Å². The SMILES string of the molecule is c1ccc(P(C2CCCCC2)C2CCCCC2)c(Oc2ccccc2P(C2CCCCC2)C2CCCCC2)c1.c1ccc(P(c2ccccc2)c2cccc3c2Oc2c(cccc2P(c2ccccc2)c2ccccc2)N3)cc1. The molecule has 3 nitrogen and oxygen atoms in total. The fraction of sp³-hybridized carbons (Fsp3) is 0.333. The maximum Gasteiger partial charge on any atom is 0.159 e. The fourth-order valence-electron chi connectivity index (χ4n) is 13.7. The molecule has 404 valence electrons. The molecule has 5 aliphatic rings. The number of nitrogens with one attached hydrogen (secondary N) is 1. The summed E-state index contributed by atoms with van der Waals surface area (Å²) in [6.07, 6.45) is 28.9. The number of anilines is 2. The zero-order valence-electron chi connectivity index (χ0n) is 46.2. The second-order valence-corrected chi connectivity index (χ2v) is 32.5. The standard InChI is InChI=1S/C36H27NOP2.C36H52OP2/c1-5-15-27(16-6-1)39(28-17-7-2-8-18-28)33-25-13-23-31-35(33)38-36-32(37-31)24-14-26-34(36)40(29-19-9-3-10-20-29)30-21-11-4-12-22-30;1-5-17-29(18-6-1)38(30-19-7-2-8-20-30)35-27-15-13-25-33(35)37-34-26-14-16-28-36(34)39(31-21-9-3-10-22-31)32-23-11-4-12-24-32/h1-26,37H;13-16,25-32H,1-12,17-24H2. The van der Waals surface area contributed by atoms with Gasteiger partial charge in [-0.25, -0.2) is 0 Å². The lowest BCUT2D eigenvalue weighted by Crippen LogP contribution is -2.28. The lowest BCUT2D eigenvalue weighted by molar-refractivity contribution is 0.478. The molecule has 0 spiro atoms. The molecule has 1 heterocycles. The average Bonchev–Trinajstić information content (AvgIpc) is 3.58. The molecule has 8 aromatic rings. The Hall–Kier alpha value is -5.12. The van der Waals surface area contributed by atoms with E-state index in [1.165, 1.54) is 172 Å². The van der Waals surface area contributed by atoms with Gasteiger partial charge in [-0.15, -0.1) is 0 Å². The minimum atomic E-state index is -0.822. The molecular formula is C72H79NO2P4. The van der Waals surface area contributed by atoms with Gasteiger partial charge in [-0.3, -0.25) is 0 Å². The highest BCUT2D eigenvalue weighted by atomic mass is 31.1. The summed E-state index contributed by atoms with van der Waals surface area (Å²) >= 11 is 0. The Morgan fingerprint density at radius 2 is 0.570 bits per heavy atom. The first-order chi connectivity index (χ1) is 39.2. The van der Waals surface area contributed by atoms with Crippen LogP contribution in [-0.4, -0.2) is 22.6 Å². The molecule has 4 aliphatic carbocycles. The Kier molecular flexibility index (Phi) is 18.7. The van der Waals surface area contributed by atoms with Gasteiger partial charge in [0.1, 0.15) is 11.5 Å². The van der Waals surface area contributed by atoms with Crippen molar-refractivity contribution in [1.82, 2.24) is 0 Å². The summed E-state index contributed by atoms with van der Waals surface area (Å²) < 4.78 is 14.3. The van der Waals surface area contributed by atoms with Crippen molar-refractivity contribution in [2.24, 2.45) is 0 Å². The van der Waals surface area contributed by atoms with Crippen molar-refractivity contribution in [3.05, 3.63) is 206 Å². The molecule has 0 radical (unpaired) electrons. The second kappa shape index (κ2) is 27.1. The van der Waals surface area contributed by atoms with Crippen molar-refractivity contribution < 1.29 is 9.47 Å². The third kappa shape index (κ3) is 12.8. The minimum Gasteiger partial charge on any atom is -0.456 e. The molecule has 4 fully saturated rings. The largest absolute Gasteiger partial charge is 0.456 e. The molecule has 79 heavy (non-hydrogen) atoms. The highest BCUT2D eigenvalue weighted by Gasteiger charge is 2.37. The Morgan fingerprint density at radius 3 is 0.886 bits per heavy atom. The van der Waals surface area contributed by atoms with Crippen LogP contribution in [0, 0.1) is 0 Å². The van der Waals surface area contributed by atoms with Crippen LogP contribution >= 0.6 is 31.7 Å². The van der Waals surface area contributed by atoms with Crippen LogP contribution in [0.3, 0.4) is 0 Å². The van der Waals surface area contributed by atoms with Crippen molar-refractivity contribution in [1.29, 1.82) is 0 Å². The van der Waals surface area contributed by atoms with E-state index in [1.807, 2.05) is 0 Å². The van der Waals surface area contributed by atoms with Gasteiger partial charge in [-0.05, 0) is 147 Å². The van der Waals surface area contributed by atoms with Gasteiger partial charge in [-0.1, -0.05) is 263 Å². The van der Waals surface area contributed by atoms with Crippen LogP contribution in [0.15, 0.2) is 206 Å². The van der Waals surface area contributed by atoms with Crippen molar-refractivity contribution in [2.75, 3.05) is 5.32 Å². The predicted molar refractivity (Wildman–Crippen MR) is 347 cm³/mol. The molecule has 0 amide bonds. The molecule has 0 saturated heterocycles. The summed E-state index contributed by atoms with van der Waals surface area (Å²) in [5, 5.41) is 14.6. The molecule has 0 aromatic heterocycles. The quantitative estimate of drug-likeness (QED) is 0.110. The minimum absolute atomic E-state index is 0.178. The Labute approximate surface area is 477 Å². The third-order valence-electron chi connectivity index (χ3n) is 17.4. The molecule has 0 unspecified atom stereocenters. The Balaban J connectivity index is 0.000000158. The molecule has 1 N–H and O–H groups in total. The van der Waals surface area contributed by atoms with Crippen LogP contribution in [-0.2, 0) is 0 Å². The van der Waals surface area contributed by atoms with E-state index in [-0.39, 0.29) is 15.8 Å². The van der Waals surface area contributed by atoms with Gasteiger partial charge in [0.05, 0.1) is 11.4 Å². The molecule has 13 rings (SSSR count). The van der Waals surface area contributed by atoms with Gasteiger partial charge in [0.25, 0.3) is 0 Å². The van der Waals surface area contributed by atoms with E-state index in [0.717, 1.165) is 45.5 Å². The highest BCUT2D eigenvalue weighted by molar-refractivity contribution is 7.80. The molecule has 8 aromatic carbocycles. The number of ether oxygens (including phenoxy) is 2. The van der Waals surface area contributed by atoms with Crippen molar-refractivity contribution >= 4 is 85.5 Å². The van der Waals surface area contributed by atoms with Crippen LogP contribution in [0.1, 0.15) is 128 Å². The molecule has 4 saturated carbocycles. The topological polar surface area (TPSA) is 30.5 Å². The maximum absolute atomic E-state index is 7.20. The number of benzene rings is 8. The molecule has 0 atom stereocenters. The van der Waals surface area contributed by atoms with E-state index in [2.05, 4.69) is 212 Å². The monoisotopic (exact) mass is 1110 g/mol. The van der Waals surface area contributed by atoms with E-state index in [1.54, 1.807) is 10.6 Å².